The van der Waals surface area contributed by atoms with Crippen molar-refractivity contribution >= 4 is 17.7 Å². The normalized spacial score (nSPS) is 15.1. The number of ether oxygens (including phenoxy) is 1. The fraction of sp³-hybridized carbons (Fsp3) is 0.333. The number of carbonyl (C=O) groups is 1. The van der Waals surface area contributed by atoms with Gasteiger partial charge in [-0.3, -0.25) is 9.69 Å². The van der Waals surface area contributed by atoms with Crippen LogP contribution in [0.3, 0.4) is 0 Å². The zero-order chi connectivity index (χ0) is 22.3. The molecule has 2 aromatic carbocycles. The Hall–Kier alpha value is -3.52. The quantitative estimate of drug-likeness (QED) is 0.534. The maximum atomic E-state index is 13.5. The van der Waals surface area contributed by atoms with Crippen LogP contribution in [0.4, 0.5) is 0 Å². The SMILES string of the molecule is COc1cccc(/C=C(/C(=O)N2CCN(CCc3ccccc3)CC2)n2nnnc2C)c1. The number of benzene rings is 2. The van der Waals surface area contributed by atoms with Crippen LogP contribution in [0.5, 0.6) is 5.75 Å². The van der Waals surface area contributed by atoms with Crippen molar-refractivity contribution in [3.8, 4) is 5.75 Å². The molecule has 3 aromatic rings. The second kappa shape index (κ2) is 10.2. The van der Waals surface area contributed by atoms with Crippen LogP contribution in [-0.2, 0) is 11.2 Å². The molecule has 4 rings (SSSR count). The summed E-state index contributed by atoms with van der Waals surface area (Å²) < 4.78 is 6.82. The van der Waals surface area contributed by atoms with E-state index in [0.29, 0.717) is 24.6 Å². The number of carbonyl (C=O) groups excluding carboxylic acids is 1. The van der Waals surface area contributed by atoms with Gasteiger partial charge in [-0.2, -0.15) is 4.68 Å². The summed E-state index contributed by atoms with van der Waals surface area (Å²) in [5, 5.41) is 11.7. The third-order valence-electron chi connectivity index (χ3n) is 5.69. The van der Waals surface area contributed by atoms with Crippen molar-refractivity contribution in [2.24, 2.45) is 0 Å². The van der Waals surface area contributed by atoms with E-state index in [1.165, 1.54) is 10.2 Å². The van der Waals surface area contributed by atoms with Crippen molar-refractivity contribution in [1.82, 2.24) is 30.0 Å². The van der Waals surface area contributed by atoms with Crippen molar-refractivity contribution in [3.05, 3.63) is 71.5 Å². The van der Waals surface area contributed by atoms with Gasteiger partial charge in [-0.25, -0.2) is 0 Å². The van der Waals surface area contributed by atoms with E-state index in [1.807, 2.05) is 41.3 Å². The van der Waals surface area contributed by atoms with Gasteiger partial charge in [0.1, 0.15) is 11.4 Å². The van der Waals surface area contributed by atoms with Crippen LogP contribution in [0.15, 0.2) is 54.6 Å². The van der Waals surface area contributed by atoms with E-state index in [2.05, 4.69) is 44.7 Å². The maximum absolute atomic E-state index is 13.5. The standard InChI is InChI=1S/C24H28N6O2/c1-19-25-26-27-30(19)23(18-21-9-6-10-22(17-21)32-2)24(31)29-15-13-28(14-16-29)12-11-20-7-4-3-5-8-20/h3-10,17-18H,11-16H2,1-2H3/b23-18-. The Morgan fingerprint density at radius 3 is 2.53 bits per heavy atom. The monoisotopic (exact) mass is 432 g/mol. The highest BCUT2D eigenvalue weighted by atomic mass is 16.5. The number of methoxy groups -OCH3 is 1. The molecule has 166 valence electrons. The van der Waals surface area contributed by atoms with Gasteiger partial charge in [-0.05, 0) is 53.1 Å². The highest BCUT2D eigenvalue weighted by Crippen LogP contribution is 2.20. The van der Waals surface area contributed by atoms with Crippen molar-refractivity contribution in [1.29, 1.82) is 0 Å². The molecule has 8 heteroatoms. The van der Waals surface area contributed by atoms with Crippen LogP contribution >= 0.6 is 0 Å². The molecular weight excluding hydrogens is 404 g/mol. The number of aryl methyl sites for hydroxylation is 1. The minimum absolute atomic E-state index is 0.0778. The third kappa shape index (κ3) is 5.20. The van der Waals surface area contributed by atoms with Gasteiger partial charge in [0.15, 0.2) is 5.82 Å². The number of rotatable bonds is 7. The summed E-state index contributed by atoms with van der Waals surface area (Å²) in [6.07, 6.45) is 2.83. The lowest BCUT2D eigenvalue weighted by molar-refractivity contribution is -0.127. The number of tetrazole rings is 1. The highest BCUT2D eigenvalue weighted by molar-refractivity contribution is 6.18. The topological polar surface area (TPSA) is 76.4 Å². The number of aromatic nitrogens is 4. The summed E-state index contributed by atoms with van der Waals surface area (Å²) in [5.41, 5.74) is 2.62. The smallest absolute Gasteiger partial charge is 0.272 e. The summed E-state index contributed by atoms with van der Waals surface area (Å²) >= 11 is 0. The van der Waals surface area contributed by atoms with Gasteiger partial charge in [0.05, 0.1) is 7.11 Å². The molecule has 1 saturated heterocycles. The summed E-state index contributed by atoms with van der Waals surface area (Å²) in [5.74, 6) is 1.21. The van der Waals surface area contributed by atoms with Crippen LogP contribution in [-0.4, -0.2) is 75.7 Å². The Bertz CT molecular complexity index is 1070. The van der Waals surface area contributed by atoms with Crippen LogP contribution in [0, 0.1) is 6.92 Å². The van der Waals surface area contributed by atoms with Gasteiger partial charge in [-0.1, -0.05) is 42.5 Å². The number of piperazine rings is 1. The van der Waals surface area contributed by atoms with Crippen LogP contribution < -0.4 is 4.74 Å². The molecule has 1 aliphatic heterocycles. The lowest BCUT2D eigenvalue weighted by atomic mass is 10.1. The Balaban J connectivity index is 1.46. The van der Waals surface area contributed by atoms with Crippen LogP contribution in [0.25, 0.3) is 11.8 Å². The molecule has 1 fully saturated rings. The summed E-state index contributed by atoms with van der Waals surface area (Å²) in [7, 11) is 1.62. The average Bonchev–Trinajstić information content (AvgIpc) is 3.27. The summed E-state index contributed by atoms with van der Waals surface area (Å²) in [6, 6.07) is 18.1. The number of hydrogen-bond acceptors (Lipinski definition) is 6. The van der Waals surface area contributed by atoms with E-state index in [0.717, 1.165) is 37.4 Å². The second-order valence-electron chi connectivity index (χ2n) is 7.81. The zero-order valence-electron chi connectivity index (χ0n) is 18.5. The minimum atomic E-state index is -0.0778. The van der Waals surface area contributed by atoms with Gasteiger partial charge >= 0.3 is 0 Å². The molecule has 0 N–H and O–H groups in total. The first kappa shape index (κ1) is 21.7. The molecule has 0 radical (unpaired) electrons. The molecule has 1 amide bonds. The highest BCUT2D eigenvalue weighted by Gasteiger charge is 2.26. The molecule has 1 aliphatic rings. The molecule has 1 aromatic heterocycles. The van der Waals surface area contributed by atoms with E-state index in [-0.39, 0.29) is 5.91 Å². The molecule has 0 aliphatic carbocycles. The summed E-state index contributed by atoms with van der Waals surface area (Å²) in [4.78, 5) is 17.8. The first-order valence-electron chi connectivity index (χ1n) is 10.8. The first-order chi connectivity index (χ1) is 15.6. The Kier molecular flexibility index (Phi) is 6.91. The minimum Gasteiger partial charge on any atom is -0.497 e. The van der Waals surface area contributed by atoms with E-state index < -0.39 is 0 Å². The molecule has 0 unspecified atom stereocenters. The van der Waals surface area contributed by atoms with Crippen molar-refractivity contribution in [2.45, 2.75) is 13.3 Å². The largest absolute Gasteiger partial charge is 0.497 e. The van der Waals surface area contributed by atoms with Gasteiger partial charge < -0.3 is 9.64 Å². The Labute approximate surface area is 188 Å². The van der Waals surface area contributed by atoms with Gasteiger partial charge in [0.2, 0.25) is 0 Å². The van der Waals surface area contributed by atoms with E-state index in [9.17, 15) is 4.79 Å². The Morgan fingerprint density at radius 1 is 1.06 bits per heavy atom. The predicted molar refractivity (Wildman–Crippen MR) is 123 cm³/mol. The number of hydrogen-bond donors (Lipinski definition) is 0. The van der Waals surface area contributed by atoms with E-state index >= 15 is 0 Å². The molecule has 8 nitrogen and oxygen atoms in total. The van der Waals surface area contributed by atoms with Gasteiger partial charge in [0, 0.05) is 32.7 Å². The number of nitrogens with zero attached hydrogens (tertiary/aromatic N) is 6. The lowest BCUT2D eigenvalue weighted by Gasteiger charge is -2.35. The zero-order valence-corrected chi connectivity index (χ0v) is 18.5. The maximum Gasteiger partial charge on any atom is 0.272 e. The van der Waals surface area contributed by atoms with Crippen LogP contribution in [0.1, 0.15) is 17.0 Å². The molecule has 2 heterocycles. The predicted octanol–water partition coefficient (Wildman–Crippen LogP) is 2.38. The lowest BCUT2D eigenvalue weighted by Crippen LogP contribution is -2.49. The van der Waals surface area contributed by atoms with Crippen molar-refractivity contribution in [3.63, 3.8) is 0 Å². The molecule has 0 saturated carbocycles. The molecular formula is C24H28N6O2. The third-order valence-corrected chi connectivity index (χ3v) is 5.69. The summed E-state index contributed by atoms with van der Waals surface area (Å²) in [6.45, 7) is 5.81. The average molecular weight is 433 g/mol. The van der Waals surface area contributed by atoms with Crippen molar-refractivity contribution in [2.75, 3.05) is 39.8 Å². The Morgan fingerprint density at radius 2 is 1.84 bits per heavy atom. The van der Waals surface area contributed by atoms with Gasteiger partial charge in [-0.15, -0.1) is 5.10 Å². The molecule has 0 bridgehead atoms. The number of amides is 1. The fourth-order valence-corrected chi connectivity index (χ4v) is 3.83. The van der Waals surface area contributed by atoms with Crippen LogP contribution in [0.2, 0.25) is 0 Å². The van der Waals surface area contributed by atoms with Crippen molar-refractivity contribution < 1.29 is 9.53 Å². The fourth-order valence-electron chi connectivity index (χ4n) is 3.83. The van der Waals surface area contributed by atoms with E-state index in [4.69, 9.17) is 4.74 Å². The van der Waals surface area contributed by atoms with E-state index in [1.54, 1.807) is 14.0 Å². The molecule has 32 heavy (non-hydrogen) atoms. The first-order valence-corrected chi connectivity index (χ1v) is 10.8. The molecule has 0 atom stereocenters. The van der Waals surface area contributed by atoms with Gasteiger partial charge in [0.25, 0.3) is 5.91 Å². The second-order valence-corrected chi connectivity index (χ2v) is 7.81. The molecule has 0 spiro atoms.